The van der Waals surface area contributed by atoms with Gasteiger partial charge in [-0.1, -0.05) is 0 Å². The van der Waals surface area contributed by atoms with Crippen LogP contribution in [0.4, 0.5) is 5.82 Å². The van der Waals surface area contributed by atoms with Gasteiger partial charge in [-0.15, -0.1) is 0 Å². The van der Waals surface area contributed by atoms with Gasteiger partial charge in [0.1, 0.15) is 5.82 Å². The van der Waals surface area contributed by atoms with Crippen molar-refractivity contribution in [3.05, 3.63) is 29.8 Å². The fourth-order valence-corrected chi connectivity index (χ4v) is 2.36. The third kappa shape index (κ3) is 4.28. The number of aromatic nitrogens is 4. The quantitative estimate of drug-likeness (QED) is 0.876. The van der Waals surface area contributed by atoms with Crippen molar-refractivity contribution in [3.8, 4) is 5.82 Å². The van der Waals surface area contributed by atoms with Crippen molar-refractivity contribution < 1.29 is 4.79 Å². The summed E-state index contributed by atoms with van der Waals surface area (Å²) in [7, 11) is 0. The molecule has 0 spiro atoms. The number of likely N-dealkylation sites (N-methyl/N-ethyl adjacent to an activating group) is 1. The van der Waals surface area contributed by atoms with E-state index in [1.165, 1.54) is 0 Å². The van der Waals surface area contributed by atoms with Crippen molar-refractivity contribution in [2.24, 2.45) is 0 Å². The molecule has 124 valence electrons. The Morgan fingerprint density at radius 1 is 1.35 bits per heavy atom. The maximum atomic E-state index is 12.0. The number of carbonyl (C=O) groups excluding carboxylic acids is 1. The monoisotopic (exact) mass is 316 g/mol. The largest absolute Gasteiger partial charge is 0.352 e. The topological polar surface area (TPSA) is 75.9 Å². The van der Waals surface area contributed by atoms with Crippen LogP contribution in [-0.2, 0) is 4.79 Å². The first-order chi connectivity index (χ1) is 10.9. The number of carbonyl (C=O) groups is 1. The summed E-state index contributed by atoms with van der Waals surface area (Å²) in [6, 6.07) is 2.11. The number of aryl methyl sites for hydroxylation is 2. The van der Waals surface area contributed by atoms with Crippen LogP contribution in [0.5, 0.6) is 0 Å². The van der Waals surface area contributed by atoms with E-state index in [9.17, 15) is 4.79 Å². The van der Waals surface area contributed by atoms with Crippen molar-refractivity contribution in [2.45, 2.75) is 40.7 Å². The molecule has 1 N–H and O–H groups in total. The fourth-order valence-electron chi connectivity index (χ4n) is 2.36. The Balaban J connectivity index is 2.23. The lowest BCUT2D eigenvalue weighted by atomic mass is 10.3. The Bertz CT molecular complexity index is 679. The van der Waals surface area contributed by atoms with Crippen molar-refractivity contribution in [2.75, 3.05) is 18.0 Å². The molecule has 1 amide bonds. The van der Waals surface area contributed by atoms with E-state index in [2.05, 4.69) is 20.4 Å². The molecule has 0 radical (unpaired) electrons. The number of amides is 1. The molecule has 0 aliphatic carbocycles. The van der Waals surface area contributed by atoms with Crippen LogP contribution in [0.2, 0.25) is 0 Å². The highest BCUT2D eigenvalue weighted by Gasteiger charge is 2.14. The molecule has 0 bridgehead atoms. The fraction of sp³-hybridized carbons (Fsp3) is 0.500. The zero-order valence-corrected chi connectivity index (χ0v) is 14.4. The van der Waals surface area contributed by atoms with Gasteiger partial charge in [0.15, 0.2) is 5.82 Å². The maximum Gasteiger partial charge on any atom is 0.239 e. The lowest BCUT2D eigenvalue weighted by Crippen LogP contribution is -2.40. The standard InChI is InChI=1S/C16H24N6O/c1-6-21(10-16(23)18-11(2)3)14-8-17-9-15(19-14)22-13(5)7-12(4)20-22/h7-9,11H,6,10H2,1-5H3,(H,18,23). The highest BCUT2D eigenvalue weighted by molar-refractivity contribution is 5.81. The summed E-state index contributed by atoms with van der Waals surface area (Å²) >= 11 is 0. The molecule has 0 fully saturated rings. The number of hydrogen-bond acceptors (Lipinski definition) is 5. The minimum absolute atomic E-state index is 0.0276. The van der Waals surface area contributed by atoms with Crippen LogP contribution in [0.25, 0.3) is 5.82 Å². The Kier molecular flexibility index (Phi) is 5.31. The molecule has 0 unspecified atom stereocenters. The molecule has 23 heavy (non-hydrogen) atoms. The van der Waals surface area contributed by atoms with Crippen molar-refractivity contribution in [1.29, 1.82) is 0 Å². The molecule has 2 aromatic rings. The molecule has 2 heterocycles. The number of nitrogens with zero attached hydrogens (tertiary/aromatic N) is 5. The average Bonchev–Trinajstić information content (AvgIpc) is 2.83. The summed E-state index contributed by atoms with van der Waals surface area (Å²) in [6.07, 6.45) is 3.34. The summed E-state index contributed by atoms with van der Waals surface area (Å²) in [5.41, 5.74) is 1.92. The van der Waals surface area contributed by atoms with Gasteiger partial charge in [-0.3, -0.25) is 9.78 Å². The number of hydrogen-bond donors (Lipinski definition) is 1. The molecular formula is C16H24N6O. The molecule has 0 aliphatic rings. The van der Waals surface area contributed by atoms with E-state index in [-0.39, 0.29) is 18.5 Å². The minimum Gasteiger partial charge on any atom is -0.352 e. The van der Waals surface area contributed by atoms with Crippen LogP contribution in [0.1, 0.15) is 32.2 Å². The van der Waals surface area contributed by atoms with Crippen molar-refractivity contribution >= 4 is 11.7 Å². The van der Waals surface area contributed by atoms with Gasteiger partial charge in [0.2, 0.25) is 5.91 Å². The first-order valence-electron chi connectivity index (χ1n) is 7.80. The normalized spacial score (nSPS) is 10.9. The van der Waals surface area contributed by atoms with E-state index in [1.54, 1.807) is 17.1 Å². The Morgan fingerprint density at radius 2 is 2.09 bits per heavy atom. The van der Waals surface area contributed by atoms with Gasteiger partial charge in [0.25, 0.3) is 0 Å². The van der Waals surface area contributed by atoms with Gasteiger partial charge in [-0.25, -0.2) is 9.67 Å². The Morgan fingerprint density at radius 3 is 2.65 bits per heavy atom. The number of rotatable bonds is 6. The Labute approximate surface area is 136 Å². The molecule has 0 saturated carbocycles. The second-order valence-electron chi connectivity index (χ2n) is 5.81. The first kappa shape index (κ1) is 16.9. The molecule has 2 rings (SSSR count). The van der Waals surface area contributed by atoms with Gasteiger partial charge in [0.05, 0.1) is 24.6 Å². The summed E-state index contributed by atoms with van der Waals surface area (Å²) in [6.45, 7) is 10.7. The molecule has 7 nitrogen and oxygen atoms in total. The van der Waals surface area contributed by atoms with Gasteiger partial charge in [0, 0.05) is 18.3 Å². The van der Waals surface area contributed by atoms with Crippen LogP contribution < -0.4 is 10.2 Å². The SMILES string of the molecule is CCN(CC(=O)NC(C)C)c1cncc(-n2nc(C)cc2C)n1. The number of anilines is 1. The zero-order chi connectivity index (χ0) is 17.0. The van der Waals surface area contributed by atoms with Gasteiger partial charge in [-0.2, -0.15) is 5.10 Å². The molecule has 2 aromatic heterocycles. The predicted octanol–water partition coefficient (Wildman–Crippen LogP) is 1.63. The lowest BCUT2D eigenvalue weighted by molar-refractivity contribution is -0.120. The van der Waals surface area contributed by atoms with E-state index in [0.29, 0.717) is 18.2 Å². The predicted molar refractivity (Wildman–Crippen MR) is 89.8 cm³/mol. The molecule has 7 heteroatoms. The summed E-state index contributed by atoms with van der Waals surface area (Å²) in [5, 5.41) is 7.31. The van der Waals surface area contributed by atoms with E-state index >= 15 is 0 Å². The van der Waals surface area contributed by atoms with E-state index in [1.807, 2.05) is 45.6 Å². The van der Waals surface area contributed by atoms with Gasteiger partial charge < -0.3 is 10.2 Å². The lowest BCUT2D eigenvalue weighted by Gasteiger charge is -2.22. The molecule has 0 aliphatic heterocycles. The van der Waals surface area contributed by atoms with Crippen LogP contribution in [0.3, 0.4) is 0 Å². The van der Waals surface area contributed by atoms with Crippen LogP contribution in [0.15, 0.2) is 18.5 Å². The third-order valence-electron chi connectivity index (χ3n) is 3.33. The van der Waals surface area contributed by atoms with Gasteiger partial charge >= 0.3 is 0 Å². The van der Waals surface area contributed by atoms with Gasteiger partial charge in [-0.05, 0) is 40.7 Å². The molecule has 0 aromatic carbocycles. The summed E-state index contributed by atoms with van der Waals surface area (Å²) in [5.74, 6) is 1.28. The van der Waals surface area contributed by atoms with Crippen molar-refractivity contribution in [1.82, 2.24) is 25.1 Å². The average molecular weight is 316 g/mol. The third-order valence-corrected chi connectivity index (χ3v) is 3.33. The molecule has 0 saturated heterocycles. The van der Waals surface area contributed by atoms with E-state index < -0.39 is 0 Å². The van der Waals surface area contributed by atoms with Crippen LogP contribution >= 0.6 is 0 Å². The molecule has 0 atom stereocenters. The summed E-state index contributed by atoms with van der Waals surface area (Å²) < 4.78 is 1.76. The second kappa shape index (κ2) is 7.21. The molecular weight excluding hydrogens is 292 g/mol. The number of nitrogens with one attached hydrogen (secondary N) is 1. The second-order valence-corrected chi connectivity index (χ2v) is 5.81. The minimum atomic E-state index is -0.0276. The zero-order valence-electron chi connectivity index (χ0n) is 14.4. The highest BCUT2D eigenvalue weighted by atomic mass is 16.2. The highest BCUT2D eigenvalue weighted by Crippen LogP contribution is 2.14. The smallest absolute Gasteiger partial charge is 0.239 e. The Hall–Kier alpha value is -2.44. The van der Waals surface area contributed by atoms with Crippen LogP contribution in [-0.4, -0.2) is 44.8 Å². The first-order valence-corrected chi connectivity index (χ1v) is 7.80. The maximum absolute atomic E-state index is 12.0. The van der Waals surface area contributed by atoms with Crippen LogP contribution in [0, 0.1) is 13.8 Å². The summed E-state index contributed by atoms with van der Waals surface area (Å²) in [4.78, 5) is 22.7. The van der Waals surface area contributed by atoms with E-state index in [0.717, 1.165) is 11.4 Å². The van der Waals surface area contributed by atoms with Crippen molar-refractivity contribution in [3.63, 3.8) is 0 Å². The van der Waals surface area contributed by atoms with E-state index in [4.69, 9.17) is 0 Å².